The Kier molecular flexibility index (Phi) is 13.9. The van der Waals surface area contributed by atoms with Crippen LogP contribution in [0, 0.1) is 0 Å². The Morgan fingerprint density at radius 1 is 0.759 bits per heavy atom. The van der Waals surface area contributed by atoms with E-state index in [2.05, 4.69) is 83.3 Å². The van der Waals surface area contributed by atoms with Crippen molar-refractivity contribution in [3.05, 3.63) is 85.3 Å². The number of rotatable bonds is 8. The number of carboxylic acid groups (broad SMARTS) is 2. The van der Waals surface area contributed by atoms with Crippen LogP contribution in [0.1, 0.15) is 13.8 Å². The molecule has 0 aromatic heterocycles. The lowest BCUT2D eigenvalue weighted by atomic mass is 10.4. The first-order valence-corrected chi connectivity index (χ1v) is 9.74. The van der Waals surface area contributed by atoms with Crippen LogP contribution < -0.4 is 20.6 Å². The normalized spacial score (nSPS) is 8.62. The molecule has 0 bridgehead atoms. The van der Waals surface area contributed by atoms with Crippen LogP contribution in [0.3, 0.4) is 0 Å². The third-order valence-electron chi connectivity index (χ3n) is 2.93. The highest BCUT2D eigenvalue weighted by molar-refractivity contribution is 6.67. The summed E-state index contributed by atoms with van der Waals surface area (Å²) >= 11 is 0. The van der Waals surface area contributed by atoms with Gasteiger partial charge in [-0.15, -0.1) is 0 Å². The second-order valence-electron chi connectivity index (χ2n) is 5.14. The van der Waals surface area contributed by atoms with Crippen molar-refractivity contribution < 1.29 is 29.3 Å². The van der Waals surface area contributed by atoms with Crippen molar-refractivity contribution in [2.75, 3.05) is 13.2 Å². The van der Waals surface area contributed by atoms with Gasteiger partial charge in [0.05, 0.1) is 13.2 Å². The SMILES string of the molecule is C=C(OCC)C(=O)[O-].C=C(OCC)C(=O)[O-].c1ccc([Si+2]c2ccccc2)cc1. The molecule has 2 aromatic carbocycles. The van der Waals surface area contributed by atoms with Gasteiger partial charge in [-0.05, 0) is 13.8 Å². The van der Waals surface area contributed by atoms with Crippen LogP contribution in [-0.4, -0.2) is 34.7 Å². The first-order valence-electron chi connectivity index (χ1n) is 8.74. The van der Waals surface area contributed by atoms with E-state index in [1.165, 1.54) is 10.4 Å². The Labute approximate surface area is 173 Å². The average Bonchev–Trinajstić information content (AvgIpc) is 2.71. The summed E-state index contributed by atoms with van der Waals surface area (Å²) in [5.41, 5.74) is 0. The molecule has 0 amide bonds. The third kappa shape index (κ3) is 13.5. The van der Waals surface area contributed by atoms with Gasteiger partial charge in [-0.3, -0.25) is 0 Å². The van der Waals surface area contributed by atoms with Crippen LogP contribution in [0.25, 0.3) is 0 Å². The summed E-state index contributed by atoms with van der Waals surface area (Å²) in [4.78, 5) is 19.5. The molecule has 0 heterocycles. The Hall–Kier alpha value is -3.32. The molecule has 7 heteroatoms. The van der Waals surface area contributed by atoms with Gasteiger partial charge in [-0.25, -0.2) is 0 Å². The molecule has 0 N–H and O–H groups in total. The molecular formula is C22H24O6Si. The maximum absolute atomic E-state index is 9.75. The van der Waals surface area contributed by atoms with Crippen LogP contribution in [0.4, 0.5) is 0 Å². The zero-order chi connectivity index (χ0) is 22.1. The largest absolute Gasteiger partial charge is 1.01 e. The van der Waals surface area contributed by atoms with E-state index in [4.69, 9.17) is 0 Å². The maximum atomic E-state index is 9.75. The number of carbonyl (C=O) groups excluding carboxylic acids is 2. The fourth-order valence-corrected chi connectivity index (χ4v) is 2.73. The molecule has 152 valence electrons. The monoisotopic (exact) mass is 412 g/mol. The van der Waals surface area contributed by atoms with E-state index in [0.717, 1.165) is 9.52 Å². The number of benzene rings is 2. The zero-order valence-electron chi connectivity index (χ0n) is 16.6. The first kappa shape index (κ1) is 25.7. The summed E-state index contributed by atoms with van der Waals surface area (Å²) < 4.78 is 8.89. The van der Waals surface area contributed by atoms with E-state index in [-0.39, 0.29) is 11.5 Å². The van der Waals surface area contributed by atoms with Crippen molar-refractivity contribution >= 4 is 31.8 Å². The highest BCUT2D eigenvalue weighted by Crippen LogP contribution is 1.88. The van der Waals surface area contributed by atoms with E-state index >= 15 is 0 Å². The summed E-state index contributed by atoms with van der Waals surface area (Å²) in [6.45, 7) is 10.1. The predicted molar refractivity (Wildman–Crippen MR) is 109 cm³/mol. The number of hydrogen-bond acceptors (Lipinski definition) is 6. The fourth-order valence-electron chi connectivity index (χ4n) is 1.68. The molecule has 2 rings (SSSR count). The predicted octanol–water partition coefficient (Wildman–Crippen LogP) is -0.0854. The van der Waals surface area contributed by atoms with Crippen molar-refractivity contribution in [2.45, 2.75) is 13.8 Å². The van der Waals surface area contributed by atoms with Crippen molar-refractivity contribution in [3.8, 4) is 0 Å². The van der Waals surface area contributed by atoms with Gasteiger partial charge in [0.25, 0.3) is 0 Å². The molecule has 0 spiro atoms. The Morgan fingerprint density at radius 3 is 1.28 bits per heavy atom. The molecule has 0 aliphatic rings. The summed E-state index contributed by atoms with van der Waals surface area (Å²) in [5, 5.41) is 22.3. The Balaban J connectivity index is 0.000000432. The molecule has 2 aromatic rings. The van der Waals surface area contributed by atoms with Gasteiger partial charge < -0.3 is 29.3 Å². The summed E-state index contributed by atoms with van der Waals surface area (Å²) in [5.74, 6) is -3.33. The molecule has 6 nitrogen and oxygen atoms in total. The van der Waals surface area contributed by atoms with Gasteiger partial charge in [0.1, 0.15) is 23.5 Å². The third-order valence-corrected chi connectivity index (χ3v) is 4.17. The van der Waals surface area contributed by atoms with Gasteiger partial charge in [0.2, 0.25) is 0 Å². The molecule has 0 unspecified atom stereocenters. The minimum atomic E-state index is -1.35. The van der Waals surface area contributed by atoms with Crippen molar-refractivity contribution in [1.29, 1.82) is 0 Å². The highest BCUT2D eigenvalue weighted by atomic mass is 28.2. The summed E-state index contributed by atoms with van der Waals surface area (Å²) in [7, 11) is 0.777. The summed E-state index contributed by atoms with van der Waals surface area (Å²) in [6, 6.07) is 21.2. The van der Waals surface area contributed by atoms with E-state index in [1.807, 2.05) is 0 Å². The van der Waals surface area contributed by atoms with Crippen molar-refractivity contribution in [1.82, 2.24) is 0 Å². The quantitative estimate of drug-likeness (QED) is 0.342. The zero-order valence-corrected chi connectivity index (χ0v) is 17.6. The smallest absolute Gasteiger partial charge is 0.542 e. The number of ether oxygens (including phenoxy) is 2. The van der Waals surface area contributed by atoms with Crippen molar-refractivity contribution in [2.24, 2.45) is 0 Å². The van der Waals surface area contributed by atoms with Crippen LogP contribution in [0.5, 0.6) is 0 Å². The van der Waals surface area contributed by atoms with E-state index < -0.39 is 11.9 Å². The lowest BCUT2D eigenvalue weighted by Crippen LogP contribution is -2.26. The molecule has 0 fully saturated rings. The lowest BCUT2D eigenvalue weighted by molar-refractivity contribution is -0.304. The molecule has 0 saturated carbocycles. The standard InChI is InChI=1S/C12H10Si.2C5H8O3/c1-3-7-11(8-4-1)13-12-9-5-2-6-10-12;2*1-3-8-4(2)5(6)7/h1-10H;2*2-3H2,1H3,(H,6,7)/q+2;;/p-2. The number of aliphatic carboxylic acids is 2. The van der Waals surface area contributed by atoms with Crippen LogP contribution >= 0.6 is 0 Å². The van der Waals surface area contributed by atoms with Gasteiger partial charge >= 0.3 is 19.9 Å². The second kappa shape index (κ2) is 15.7. The Morgan fingerprint density at radius 2 is 1.07 bits per heavy atom. The van der Waals surface area contributed by atoms with Crippen LogP contribution in [0.2, 0.25) is 0 Å². The minimum Gasteiger partial charge on any atom is -0.542 e. The topological polar surface area (TPSA) is 98.7 Å². The van der Waals surface area contributed by atoms with Crippen LogP contribution in [0.15, 0.2) is 85.3 Å². The van der Waals surface area contributed by atoms with Gasteiger partial charge in [-0.2, -0.15) is 0 Å². The average molecular weight is 413 g/mol. The minimum absolute atomic E-state index is 0.312. The van der Waals surface area contributed by atoms with Crippen molar-refractivity contribution in [3.63, 3.8) is 0 Å². The molecule has 0 saturated heterocycles. The molecule has 0 aliphatic carbocycles. The molecular weight excluding hydrogens is 388 g/mol. The van der Waals surface area contributed by atoms with Gasteiger partial charge in [0, 0.05) is 24.3 Å². The van der Waals surface area contributed by atoms with Gasteiger partial charge in [0.15, 0.2) is 0 Å². The molecule has 29 heavy (non-hydrogen) atoms. The lowest BCUT2D eigenvalue weighted by Gasteiger charge is -2.04. The number of carbonyl (C=O) groups is 2. The Bertz CT molecular complexity index is 694. The second-order valence-corrected chi connectivity index (χ2v) is 6.55. The van der Waals surface area contributed by atoms with E-state index in [0.29, 0.717) is 13.2 Å². The fraction of sp³-hybridized carbons (Fsp3) is 0.182. The number of hydrogen-bond donors (Lipinski definition) is 0. The maximum Gasteiger partial charge on any atom is 1.01 e. The van der Waals surface area contributed by atoms with E-state index in [9.17, 15) is 19.8 Å². The molecule has 0 radical (unpaired) electrons. The van der Waals surface area contributed by atoms with Crippen LogP contribution in [-0.2, 0) is 19.1 Å². The summed E-state index contributed by atoms with van der Waals surface area (Å²) in [6.07, 6.45) is 0. The number of carboxylic acids is 2. The highest BCUT2D eigenvalue weighted by Gasteiger charge is 2.41. The van der Waals surface area contributed by atoms with E-state index in [1.54, 1.807) is 13.8 Å². The first-order chi connectivity index (χ1) is 13.8. The molecule has 0 atom stereocenters. The van der Waals surface area contributed by atoms with Gasteiger partial charge in [-0.1, -0.05) is 49.6 Å². The molecule has 0 aliphatic heterocycles.